The van der Waals surface area contributed by atoms with E-state index in [0.717, 1.165) is 25.8 Å². The minimum absolute atomic E-state index is 0.00375. The minimum atomic E-state index is 0.00375. The van der Waals surface area contributed by atoms with Crippen LogP contribution in [-0.2, 0) is 6.54 Å². The van der Waals surface area contributed by atoms with E-state index in [4.69, 9.17) is 10.2 Å². The SMILES string of the molecule is CCCN(C(=O)c1ccc(CN)o1)C1CC1. The molecule has 0 radical (unpaired) electrons. The molecule has 0 aliphatic heterocycles. The van der Waals surface area contributed by atoms with Crippen molar-refractivity contribution in [2.24, 2.45) is 5.73 Å². The molecule has 0 atom stereocenters. The summed E-state index contributed by atoms with van der Waals surface area (Å²) in [5.41, 5.74) is 5.45. The number of hydrogen-bond donors (Lipinski definition) is 1. The van der Waals surface area contributed by atoms with Crippen LogP contribution in [0.2, 0.25) is 0 Å². The standard InChI is InChI=1S/C12H18N2O2/c1-2-7-14(9-3-4-9)12(15)11-6-5-10(8-13)16-11/h5-6,9H,2-4,7-8,13H2,1H3. The van der Waals surface area contributed by atoms with Crippen molar-refractivity contribution in [1.82, 2.24) is 4.90 Å². The van der Waals surface area contributed by atoms with E-state index in [1.165, 1.54) is 0 Å². The Morgan fingerprint density at radius 2 is 2.31 bits per heavy atom. The number of carbonyl (C=O) groups is 1. The predicted octanol–water partition coefficient (Wildman–Crippen LogP) is 1.75. The third-order valence-corrected chi connectivity index (χ3v) is 2.79. The molecule has 1 fully saturated rings. The second-order valence-corrected chi connectivity index (χ2v) is 4.20. The minimum Gasteiger partial charge on any atom is -0.455 e. The van der Waals surface area contributed by atoms with E-state index in [1.54, 1.807) is 12.1 Å². The Bertz CT molecular complexity index is 369. The molecule has 2 N–H and O–H groups in total. The lowest BCUT2D eigenvalue weighted by Gasteiger charge is -2.20. The van der Waals surface area contributed by atoms with E-state index in [0.29, 0.717) is 24.1 Å². The Hall–Kier alpha value is -1.29. The van der Waals surface area contributed by atoms with Gasteiger partial charge >= 0.3 is 0 Å². The molecule has 1 aromatic heterocycles. The van der Waals surface area contributed by atoms with Gasteiger partial charge in [-0.1, -0.05) is 6.92 Å². The summed E-state index contributed by atoms with van der Waals surface area (Å²) in [6, 6.07) is 3.92. The molecule has 4 heteroatoms. The summed E-state index contributed by atoms with van der Waals surface area (Å²) in [4.78, 5) is 14.1. The molecule has 0 aromatic carbocycles. The van der Waals surface area contributed by atoms with Gasteiger partial charge in [-0.3, -0.25) is 4.79 Å². The monoisotopic (exact) mass is 222 g/mol. The first-order chi connectivity index (χ1) is 7.76. The van der Waals surface area contributed by atoms with Crippen LogP contribution >= 0.6 is 0 Å². The summed E-state index contributed by atoms with van der Waals surface area (Å²) < 4.78 is 5.38. The first kappa shape index (κ1) is 11.2. The number of amides is 1. The van der Waals surface area contributed by atoms with Gasteiger partial charge in [-0.2, -0.15) is 0 Å². The average Bonchev–Trinajstić information content (AvgIpc) is 3.02. The number of nitrogens with zero attached hydrogens (tertiary/aromatic N) is 1. The zero-order valence-corrected chi connectivity index (χ0v) is 9.61. The van der Waals surface area contributed by atoms with Gasteiger partial charge in [-0.25, -0.2) is 0 Å². The molecule has 0 spiro atoms. The Balaban J connectivity index is 2.09. The molecule has 16 heavy (non-hydrogen) atoms. The summed E-state index contributed by atoms with van der Waals surface area (Å²) in [5, 5.41) is 0. The van der Waals surface area contributed by atoms with E-state index in [-0.39, 0.29) is 5.91 Å². The number of nitrogens with two attached hydrogens (primary N) is 1. The number of carbonyl (C=O) groups excluding carboxylic acids is 1. The Labute approximate surface area is 95.4 Å². The Morgan fingerprint density at radius 1 is 1.56 bits per heavy atom. The van der Waals surface area contributed by atoms with Crippen molar-refractivity contribution < 1.29 is 9.21 Å². The molecule has 88 valence electrons. The van der Waals surface area contributed by atoms with Gasteiger partial charge in [0, 0.05) is 12.6 Å². The van der Waals surface area contributed by atoms with Crippen molar-refractivity contribution in [3.63, 3.8) is 0 Å². The topological polar surface area (TPSA) is 59.5 Å². The Kier molecular flexibility index (Phi) is 3.29. The molecule has 1 amide bonds. The van der Waals surface area contributed by atoms with Crippen LogP contribution in [0.25, 0.3) is 0 Å². The van der Waals surface area contributed by atoms with Gasteiger partial charge in [0.15, 0.2) is 5.76 Å². The molecule has 0 saturated heterocycles. The molecule has 1 heterocycles. The van der Waals surface area contributed by atoms with Gasteiger partial charge in [0.25, 0.3) is 5.91 Å². The normalized spacial score (nSPS) is 15.1. The molecule has 1 aliphatic rings. The zero-order valence-electron chi connectivity index (χ0n) is 9.61. The summed E-state index contributed by atoms with van der Waals surface area (Å²) in [7, 11) is 0. The maximum absolute atomic E-state index is 12.1. The van der Waals surface area contributed by atoms with Crippen LogP contribution < -0.4 is 5.73 Å². The summed E-state index contributed by atoms with van der Waals surface area (Å²) >= 11 is 0. The Morgan fingerprint density at radius 3 is 2.81 bits per heavy atom. The summed E-state index contributed by atoms with van der Waals surface area (Å²) in [6.07, 6.45) is 3.22. The van der Waals surface area contributed by atoms with E-state index < -0.39 is 0 Å². The quantitative estimate of drug-likeness (QED) is 0.825. The fraction of sp³-hybridized carbons (Fsp3) is 0.583. The second-order valence-electron chi connectivity index (χ2n) is 4.20. The summed E-state index contributed by atoms with van der Waals surface area (Å²) in [6.45, 7) is 3.22. The van der Waals surface area contributed by atoms with Crippen LogP contribution in [0, 0.1) is 0 Å². The van der Waals surface area contributed by atoms with Gasteiger partial charge in [-0.15, -0.1) is 0 Å². The fourth-order valence-corrected chi connectivity index (χ4v) is 1.82. The average molecular weight is 222 g/mol. The molecule has 1 saturated carbocycles. The van der Waals surface area contributed by atoms with Crippen molar-refractivity contribution in [3.8, 4) is 0 Å². The maximum Gasteiger partial charge on any atom is 0.289 e. The van der Waals surface area contributed by atoms with Gasteiger partial charge in [-0.05, 0) is 31.4 Å². The van der Waals surface area contributed by atoms with Gasteiger partial charge in [0.05, 0.1) is 6.54 Å². The van der Waals surface area contributed by atoms with E-state index in [1.807, 2.05) is 4.90 Å². The van der Waals surface area contributed by atoms with Crippen LogP contribution in [0.5, 0.6) is 0 Å². The van der Waals surface area contributed by atoms with Crippen molar-refractivity contribution >= 4 is 5.91 Å². The van der Waals surface area contributed by atoms with Crippen LogP contribution in [0.15, 0.2) is 16.5 Å². The number of rotatable bonds is 5. The van der Waals surface area contributed by atoms with Gasteiger partial charge < -0.3 is 15.1 Å². The van der Waals surface area contributed by atoms with E-state index in [9.17, 15) is 4.79 Å². The molecule has 1 aliphatic carbocycles. The third kappa shape index (κ3) is 2.27. The predicted molar refractivity (Wildman–Crippen MR) is 60.9 cm³/mol. The highest BCUT2D eigenvalue weighted by atomic mass is 16.4. The summed E-state index contributed by atoms with van der Waals surface area (Å²) in [5.74, 6) is 1.08. The van der Waals surface area contributed by atoms with E-state index >= 15 is 0 Å². The highest BCUT2D eigenvalue weighted by Crippen LogP contribution is 2.28. The van der Waals surface area contributed by atoms with Gasteiger partial charge in [0.2, 0.25) is 0 Å². The van der Waals surface area contributed by atoms with Crippen LogP contribution in [-0.4, -0.2) is 23.4 Å². The van der Waals surface area contributed by atoms with Crippen molar-refractivity contribution in [2.75, 3.05) is 6.54 Å². The smallest absolute Gasteiger partial charge is 0.289 e. The molecule has 0 bridgehead atoms. The van der Waals surface area contributed by atoms with Crippen molar-refractivity contribution in [2.45, 2.75) is 38.8 Å². The molecule has 4 nitrogen and oxygen atoms in total. The van der Waals surface area contributed by atoms with Crippen LogP contribution in [0.1, 0.15) is 42.5 Å². The van der Waals surface area contributed by atoms with Crippen LogP contribution in [0.3, 0.4) is 0 Å². The van der Waals surface area contributed by atoms with Crippen LogP contribution in [0.4, 0.5) is 0 Å². The molecule has 2 rings (SSSR count). The number of furan rings is 1. The molecular formula is C12H18N2O2. The number of hydrogen-bond acceptors (Lipinski definition) is 3. The second kappa shape index (κ2) is 4.70. The lowest BCUT2D eigenvalue weighted by atomic mass is 10.3. The molecule has 0 unspecified atom stereocenters. The van der Waals surface area contributed by atoms with Crippen molar-refractivity contribution in [1.29, 1.82) is 0 Å². The largest absolute Gasteiger partial charge is 0.455 e. The third-order valence-electron chi connectivity index (χ3n) is 2.79. The first-order valence-electron chi connectivity index (χ1n) is 5.86. The lowest BCUT2D eigenvalue weighted by Crippen LogP contribution is -2.33. The first-order valence-corrected chi connectivity index (χ1v) is 5.86. The lowest BCUT2D eigenvalue weighted by molar-refractivity contribution is 0.0709. The molecule has 1 aromatic rings. The molecular weight excluding hydrogens is 204 g/mol. The maximum atomic E-state index is 12.1. The van der Waals surface area contributed by atoms with Crippen molar-refractivity contribution in [3.05, 3.63) is 23.7 Å². The highest BCUT2D eigenvalue weighted by Gasteiger charge is 2.33. The van der Waals surface area contributed by atoms with Gasteiger partial charge in [0.1, 0.15) is 5.76 Å². The highest BCUT2D eigenvalue weighted by molar-refractivity contribution is 5.92. The van der Waals surface area contributed by atoms with E-state index in [2.05, 4.69) is 6.92 Å². The zero-order chi connectivity index (χ0) is 11.5. The fourth-order valence-electron chi connectivity index (χ4n) is 1.82.